The van der Waals surface area contributed by atoms with E-state index in [1.54, 1.807) is 22.8 Å². The molecule has 30 heavy (non-hydrogen) atoms. The smallest absolute Gasteiger partial charge is 0.254 e. The first kappa shape index (κ1) is 22.5. The van der Waals surface area contributed by atoms with Crippen LogP contribution in [0.2, 0.25) is 0 Å². The lowest BCUT2D eigenvalue weighted by Crippen LogP contribution is -2.41. The van der Waals surface area contributed by atoms with Crippen molar-refractivity contribution in [2.45, 2.75) is 49.2 Å². The van der Waals surface area contributed by atoms with Gasteiger partial charge >= 0.3 is 0 Å². The molecule has 1 aliphatic heterocycles. The van der Waals surface area contributed by atoms with Gasteiger partial charge in [-0.1, -0.05) is 44.7 Å². The Kier molecular flexibility index (Phi) is 6.40. The van der Waals surface area contributed by atoms with Crippen LogP contribution in [0.4, 0.5) is 0 Å². The maximum atomic E-state index is 12.6. The fourth-order valence-corrected chi connectivity index (χ4v) is 4.68. The zero-order chi connectivity index (χ0) is 22.1. The van der Waals surface area contributed by atoms with Crippen LogP contribution in [0.5, 0.6) is 0 Å². The second-order valence-corrected chi connectivity index (χ2v) is 10.9. The lowest BCUT2D eigenvalue weighted by atomic mass is 9.92. The fourth-order valence-electron chi connectivity index (χ4n) is 3.07. The van der Waals surface area contributed by atoms with Crippen molar-refractivity contribution in [3.05, 3.63) is 51.9 Å². The van der Waals surface area contributed by atoms with Crippen molar-refractivity contribution in [3.8, 4) is 0 Å². The number of thioether (sulfide) groups is 1. The summed E-state index contributed by atoms with van der Waals surface area (Å²) in [7, 11) is -3.71. The van der Waals surface area contributed by atoms with Gasteiger partial charge in [-0.2, -0.15) is 0 Å². The average Bonchev–Trinajstić information content (AvgIpc) is 2.66. The molecule has 1 aliphatic rings. The third-order valence-corrected chi connectivity index (χ3v) is 6.96. The first-order valence-electron chi connectivity index (χ1n) is 9.60. The number of hydrogen-bond acceptors (Lipinski definition) is 6. The van der Waals surface area contributed by atoms with Gasteiger partial charge in [0.2, 0.25) is 15.9 Å². The van der Waals surface area contributed by atoms with E-state index in [0.717, 1.165) is 11.3 Å². The molecule has 0 bridgehead atoms. The van der Waals surface area contributed by atoms with E-state index >= 15 is 0 Å². The van der Waals surface area contributed by atoms with Crippen LogP contribution in [0.15, 0.2) is 45.2 Å². The number of aromatic nitrogens is 2. The van der Waals surface area contributed by atoms with Crippen LogP contribution in [0.3, 0.4) is 0 Å². The highest BCUT2D eigenvalue weighted by Crippen LogP contribution is 2.28. The second-order valence-electron chi connectivity index (χ2n) is 8.36. The zero-order valence-corrected chi connectivity index (χ0v) is 18.8. The van der Waals surface area contributed by atoms with Crippen molar-refractivity contribution in [1.29, 1.82) is 0 Å². The summed E-state index contributed by atoms with van der Waals surface area (Å²) < 4.78 is 24.2. The Morgan fingerprint density at radius 1 is 1.30 bits per heavy atom. The molecule has 0 saturated heterocycles. The molecule has 0 fully saturated rings. The van der Waals surface area contributed by atoms with Gasteiger partial charge in [0, 0.05) is 30.3 Å². The Bertz CT molecular complexity index is 1100. The fraction of sp³-hybridized carbons (Fsp3) is 0.450. The molecular weight excluding hydrogens is 424 g/mol. The predicted molar refractivity (Wildman–Crippen MR) is 116 cm³/mol. The largest absolute Gasteiger partial charge is 0.355 e. The van der Waals surface area contributed by atoms with Crippen LogP contribution < -0.4 is 16.0 Å². The van der Waals surface area contributed by atoms with Crippen LogP contribution in [0.25, 0.3) is 0 Å². The third kappa shape index (κ3) is 5.30. The van der Waals surface area contributed by atoms with E-state index in [1.165, 1.54) is 23.9 Å². The number of amides is 1. The molecule has 3 rings (SSSR count). The molecule has 0 spiro atoms. The number of fused-ring (bicyclic) bond motifs is 1. The maximum Gasteiger partial charge on any atom is 0.254 e. The molecule has 1 unspecified atom stereocenters. The van der Waals surface area contributed by atoms with Crippen molar-refractivity contribution >= 4 is 27.7 Å². The Hall–Kier alpha value is -2.17. The number of nitrogens with zero attached hydrogens (tertiary/aromatic N) is 2. The summed E-state index contributed by atoms with van der Waals surface area (Å²) in [6.45, 7) is 6.76. The van der Waals surface area contributed by atoms with Gasteiger partial charge in [0.15, 0.2) is 5.16 Å². The van der Waals surface area contributed by atoms with Gasteiger partial charge < -0.3 is 5.32 Å². The van der Waals surface area contributed by atoms with Crippen LogP contribution in [-0.2, 0) is 33.2 Å². The van der Waals surface area contributed by atoms with Gasteiger partial charge in [-0.15, -0.1) is 0 Å². The molecule has 1 aromatic heterocycles. The van der Waals surface area contributed by atoms with E-state index in [0.29, 0.717) is 30.4 Å². The van der Waals surface area contributed by atoms with Crippen LogP contribution in [0, 0.1) is 5.92 Å². The summed E-state index contributed by atoms with van der Waals surface area (Å²) in [4.78, 5) is 29.8. The number of carbonyl (C=O) groups is 1. The number of primary sulfonamides is 1. The summed E-state index contributed by atoms with van der Waals surface area (Å²) in [6.07, 6.45) is 0.559. The van der Waals surface area contributed by atoms with Gasteiger partial charge in [-0.25, -0.2) is 18.5 Å². The van der Waals surface area contributed by atoms with Crippen molar-refractivity contribution in [3.63, 3.8) is 0 Å². The molecule has 1 atom stereocenters. The quantitative estimate of drug-likeness (QED) is 0.661. The number of nitrogens with one attached hydrogen (secondary N) is 1. The molecule has 1 amide bonds. The SMILES string of the molecule is CC(C)(C)c1cc(=O)n2c(n1)SCC(C(=O)NCCc1ccc(S(N)(=O)=O)cc1)C2. The van der Waals surface area contributed by atoms with E-state index in [2.05, 4.69) is 10.3 Å². The van der Waals surface area contributed by atoms with E-state index in [-0.39, 0.29) is 27.7 Å². The molecule has 8 nitrogen and oxygen atoms in total. The minimum absolute atomic E-state index is 0.0573. The summed E-state index contributed by atoms with van der Waals surface area (Å²) in [5, 5.41) is 8.65. The minimum Gasteiger partial charge on any atom is -0.355 e. The number of hydrogen-bond donors (Lipinski definition) is 2. The van der Waals surface area contributed by atoms with Crippen LogP contribution in [-0.4, -0.2) is 36.2 Å². The van der Waals surface area contributed by atoms with Gasteiger partial charge in [0.1, 0.15) is 0 Å². The second kappa shape index (κ2) is 8.52. The standard InChI is InChI=1S/C20H26N4O4S2/c1-20(2,3)16-10-17(25)24-11-14(12-29-19(24)23-16)18(26)22-9-8-13-4-6-15(7-5-13)30(21,27)28/h4-7,10,14H,8-9,11-12H2,1-3H3,(H,22,26)(H2,21,27,28). The molecule has 162 valence electrons. The Morgan fingerprint density at radius 3 is 2.57 bits per heavy atom. The van der Waals surface area contributed by atoms with E-state index in [4.69, 9.17) is 5.14 Å². The number of sulfonamides is 1. The molecule has 3 N–H and O–H groups in total. The molecule has 0 aliphatic carbocycles. The first-order valence-corrected chi connectivity index (χ1v) is 12.1. The van der Waals surface area contributed by atoms with Crippen molar-refractivity contribution in [2.75, 3.05) is 12.3 Å². The highest BCUT2D eigenvalue weighted by molar-refractivity contribution is 7.99. The molecule has 0 saturated carbocycles. The lowest BCUT2D eigenvalue weighted by molar-refractivity contribution is -0.124. The molecule has 2 heterocycles. The highest BCUT2D eigenvalue weighted by atomic mass is 32.2. The van der Waals surface area contributed by atoms with Crippen LogP contribution >= 0.6 is 11.8 Å². The average molecular weight is 451 g/mol. The minimum atomic E-state index is -3.71. The molecule has 2 aromatic rings. The normalized spacial score (nSPS) is 16.7. The molecular formula is C20H26N4O4S2. The van der Waals surface area contributed by atoms with Crippen molar-refractivity contribution in [2.24, 2.45) is 11.1 Å². The van der Waals surface area contributed by atoms with Crippen LogP contribution in [0.1, 0.15) is 32.0 Å². The first-order chi connectivity index (χ1) is 13.9. The summed E-state index contributed by atoms with van der Waals surface area (Å²) in [6, 6.07) is 7.81. The van der Waals surface area contributed by atoms with Gasteiger partial charge in [-0.05, 0) is 24.1 Å². The highest BCUT2D eigenvalue weighted by Gasteiger charge is 2.28. The van der Waals surface area contributed by atoms with E-state index in [9.17, 15) is 18.0 Å². The molecule has 10 heteroatoms. The van der Waals surface area contributed by atoms with Gasteiger partial charge in [0.25, 0.3) is 5.56 Å². The monoisotopic (exact) mass is 450 g/mol. The summed E-state index contributed by atoms with van der Waals surface area (Å²) >= 11 is 1.43. The van der Waals surface area contributed by atoms with E-state index in [1.807, 2.05) is 20.8 Å². The molecule has 1 aromatic carbocycles. The number of nitrogens with two attached hydrogens (primary N) is 1. The number of rotatable bonds is 5. The Balaban J connectivity index is 1.58. The predicted octanol–water partition coefficient (Wildman–Crippen LogP) is 1.27. The Labute approximate surface area is 180 Å². The number of benzene rings is 1. The maximum absolute atomic E-state index is 12.6. The van der Waals surface area contributed by atoms with Gasteiger partial charge in [-0.3, -0.25) is 14.2 Å². The van der Waals surface area contributed by atoms with E-state index < -0.39 is 10.0 Å². The summed E-state index contributed by atoms with van der Waals surface area (Å²) in [5.74, 6) is 0.142. The van der Waals surface area contributed by atoms with Crippen molar-refractivity contribution in [1.82, 2.24) is 14.9 Å². The molecule has 0 radical (unpaired) electrons. The van der Waals surface area contributed by atoms with Gasteiger partial charge in [0.05, 0.1) is 16.5 Å². The Morgan fingerprint density at radius 2 is 1.97 bits per heavy atom. The zero-order valence-electron chi connectivity index (χ0n) is 17.2. The number of carbonyl (C=O) groups excluding carboxylic acids is 1. The summed E-state index contributed by atoms with van der Waals surface area (Å²) in [5.41, 5.74) is 1.30. The third-order valence-electron chi connectivity index (χ3n) is 4.89. The van der Waals surface area contributed by atoms with Crippen molar-refractivity contribution < 1.29 is 13.2 Å². The topological polar surface area (TPSA) is 124 Å². The lowest BCUT2D eigenvalue weighted by Gasteiger charge is -2.26.